The molecule has 6 nitrogen and oxygen atoms in total. The summed E-state index contributed by atoms with van der Waals surface area (Å²) in [6.45, 7) is 4.54. The van der Waals surface area contributed by atoms with Crippen molar-refractivity contribution in [3.63, 3.8) is 0 Å². The fraction of sp³-hybridized carbons (Fsp3) is 0.353. The van der Waals surface area contributed by atoms with E-state index in [9.17, 15) is 9.59 Å². The molecule has 1 aliphatic heterocycles. The van der Waals surface area contributed by atoms with Crippen LogP contribution in [-0.4, -0.2) is 45.6 Å². The van der Waals surface area contributed by atoms with Gasteiger partial charge < -0.3 is 9.80 Å². The highest BCUT2D eigenvalue weighted by atomic mass is 16.2. The molecule has 0 radical (unpaired) electrons. The van der Waals surface area contributed by atoms with Gasteiger partial charge in [-0.15, -0.1) is 0 Å². The maximum atomic E-state index is 12.6. The quantitative estimate of drug-likeness (QED) is 0.846. The van der Waals surface area contributed by atoms with Crippen LogP contribution in [0.15, 0.2) is 36.7 Å². The zero-order chi connectivity index (χ0) is 16.6. The van der Waals surface area contributed by atoms with Gasteiger partial charge in [-0.25, -0.2) is 0 Å². The molecule has 2 heterocycles. The number of amides is 2. The number of anilines is 1. The molecule has 6 heteroatoms. The van der Waals surface area contributed by atoms with Crippen LogP contribution in [0.4, 0.5) is 5.69 Å². The minimum Gasteiger partial charge on any atom is -0.325 e. The zero-order valence-corrected chi connectivity index (χ0v) is 13.6. The Morgan fingerprint density at radius 1 is 1.35 bits per heavy atom. The van der Waals surface area contributed by atoms with E-state index in [0.29, 0.717) is 12.1 Å². The average molecular weight is 312 g/mol. The van der Waals surface area contributed by atoms with Gasteiger partial charge in [0.05, 0.1) is 11.8 Å². The molecule has 1 saturated heterocycles. The molecular weight excluding hydrogens is 292 g/mol. The summed E-state index contributed by atoms with van der Waals surface area (Å²) in [5.41, 5.74) is 2.50. The number of aryl methyl sites for hydroxylation is 2. The Morgan fingerprint density at radius 2 is 2.13 bits per heavy atom. The lowest BCUT2D eigenvalue weighted by molar-refractivity contribution is -0.121. The highest BCUT2D eigenvalue weighted by molar-refractivity contribution is 6.01. The standard InChI is InChI=1S/C17H20N4O2/c1-12-5-4-6-15(7-12)21-9-13(2)20(11-16(21)22)17(23)14-8-18-19(3)10-14/h4-8,10,13H,9,11H2,1-3H3/t13-/m1/s1. The molecule has 3 rings (SSSR count). The molecular formula is C17H20N4O2. The molecule has 0 bridgehead atoms. The van der Waals surface area contributed by atoms with E-state index in [1.165, 1.54) is 6.20 Å². The van der Waals surface area contributed by atoms with E-state index in [0.717, 1.165) is 11.3 Å². The Hall–Kier alpha value is -2.63. The molecule has 0 N–H and O–H groups in total. The predicted octanol–water partition coefficient (Wildman–Crippen LogP) is 1.61. The van der Waals surface area contributed by atoms with Crippen LogP contribution < -0.4 is 4.90 Å². The Kier molecular flexibility index (Phi) is 3.90. The second-order valence-corrected chi connectivity index (χ2v) is 6.03. The Labute approximate surface area is 135 Å². The topological polar surface area (TPSA) is 58.4 Å². The summed E-state index contributed by atoms with van der Waals surface area (Å²) in [4.78, 5) is 28.5. The van der Waals surface area contributed by atoms with Gasteiger partial charge in [-0.2, -0.15) is 5.10 Å². The number of carbonyl (C=O) groups is 2. The van der Waals surface area contributed by atoms with Crippen LogP contribution in [0.3, 0.4) is 0 Å². The third-order valence-electron chi connectivity index (χ3n) is 4.11. The third kappa shape index (κ3) is 2.97. The van der Waals surface area contributed by atoms with Crippen molar-refractivity contribution in [2.45, 2.75) is 19.9 Å². The smallest absolute Gasteiger partial charge is 0.257 e. The lowest BCUT2D eigenvalue weighted by Crippen LogP contribution is -2.57. The summed E-state index contributed by atoms with van der Waals surface area (Å²) in [5, 5.41) is 4.02. The highest BCUT2D eigenvalue weighted by Crippen LogP contribution is 2.22. The van der Waals surface area contributed by atoms with Gasteiger partial charge in [0, 0.05) is 31.5 Å². The van der Waals surface area contributed by atoms with Crippen LogP contribution in [0.1, 0.15) is 22.8 Å². The minimum absolute atomic E-state index is 0.0547. The fourth-order valence-electron chi connectivity index (χ4n) is 2.87. The number of rotatable bonds is 2. The molecule has 0 aliphatic carbocycles. The monoisotopic (exact) mass is 312 g/mol. The van der Waals surface area contributed by atoms with Gasteiger partial charge in [0.15, 0.2) is 0 Å². The first-order valence-corrected chi connectivity index (χ1v) is 7.62. The third-order valence-corrected chi connectivity index (χ3v) is 4.11. The van der Waals surface area contributed by atoms with Crippen LogP contribution in [0.5, 0.6) is 0 Å². The average Bonchev–Trinajstić information content (AvgIpc) is 2.95. The van der Waals surface area contributed by atoms with E-state index in [1.54, 1.807) is 27.7 Å². The van der Waals surface area contributed by atoms with Crippen molar-refractivity contribution in [3.8, 4) is 0 Å². The zero-order valence-electron chi connectivity index (χ0n) is 13.6. The number of nitrogens with zero attached hydrogens (tertiary/aromatic N) is 4. The van der Waals surface area contributed by atoms with Crippen molar-refractivity contribution in [2.24, 2.45) is 7.05 Å². The maximum Gasteiger partial charge on any atom is 0.257 e. The molecule has 1 aromatic carbocycles. The number of hydrogen-bond acceptors (Lipinski definition) is 3. The Bertz CT molecular complexity index is 753. The van der Waals surface area contributed by atoms with Crippen molar-refractivity contribution >= 4 is 17.5 Å². The van der Waals surface area contributed by atoms with Gasteiger partial charge in [0.1, 0.15) is 6.54 Å². The van der Waals surface area contributed by atoms with Crippen molar-refractivity contribution in [1.82, 2.24) is 14.7 Å². The van der Waals surface area contributed by atoms with Crippen LogP contribution in [-0.2, 0) is 11.8 Å². The first-order chi connectivity index (χ1) is 11.0. The van der Waals surface area contributed by atoms with Crippen molar-refractivity contribution in [1.29, 1.82) is 0 Å². The maximum absolute atomic E-state index is 12.6. The van der Waals surface area contributed by atoms with E-state index < -0.39 is 0 Å². The summed E-state index contributed by atoms with van der Waals surface area (Å²) in [6, 6.07) is 7.80. The number of carbonyl (C=O) groups excluding carboxylic acids is 2. The molecule has 2 amide bonds. The molecule has 2 aromatic rings. The summed E-state index contributed by atoms with van der Waals surface area (Å²) < 4.78 is 1.59. The van der Waals surface area contributed by atoms with Crippen molar-refractivity contribution in [3.05, 3.63) is 47.8 Å². The minimum atomic E-state index is -0.150. The molecule has 120 valence electrons. The van der Waals surface area contributed by atoms with Gasteiger partial charge in [0.2, 0.25) is 5.91 Å². The van der Waals surface area contributed by atoms with Crippen molar-refractivity contribution in [2.75, 3.05) is 18.0 Å². The molecule has 1 aliphatic rings. The summed E-state index contributed by atoms with van der Waals surface area (Å²) in [5.74, 6) is -0.214. The van der Waals surface area contributed by atoms with E-state index in [1.807, 2.05) is 38.1 Å². The van der Waals surface area contributed by atoms with Gasteiger partial charge in [0.25, 0.3) is 5.91 Å². The fourth-order valence-corrected chi connectivity index (χ4v) is 2.87. The summed E-state index contributed by atoms with van der Waals surface area (Å²) >= 11 is 0. The summed E-state index contributed by atoms with van der Waals surface area (Å²) in [6.07, 6.45) is 3.21. The van der Waals surface area contributed by atoms with Gasteiger partial charge in [-0.3, -0.25) is 14.3 Å². The molecule has 0 spiro atoms. The van der Waals surface area contributed by atoms with Gasteiger partial charge in [-0.1, -0.05) is 12.1 Å². The lowest BCUT2D eigenvalue weighted by Gasteiger charge is -2.39. The van der Waals surface area contributed by atoms with Crippen LogP contribution >= 0.6 is 0 Å². The van der Waals surface area contributed by atoms with E-state index in [-0.39, 0.29) is 24.4 Å². The highest BCUT2D eigenvalue weighted by Gasteiger charge is 2.34. The van der Waals surface area contributed by atoms with Gasteiger partial charge in [-0.05, 0) is 31.5 Å². The van der Waals surface area contributed by atoms with Crippen LogP contribution in [0.25, 0.3) is 0 Å². The second-order valence-electron chi connectivity index (χ2n) is 6.03. The number of benzene rings is 1. The van der Waals surface area contributed by atoms with E-state index >= 15 is 0 Å². The van der Waals surface area contributed by atoms with Gasteiger partial charge >= 0.3 is 0 Å². The molecule has 0 unspecified atom stereocenters. The van der Waals surface area contributed by atoms with Crippen molar-refractivity contribution < 1.29 is 9.59 Å². The first-order valence-electron chi connectivity index (χ1n) is 7.62. The first kappa shape index (κ1) is 15.3. The molecule has 1 fully saturated rings. The SMILES string of the molecule is Cc1cccc(N2C[C@@H](C)N(C(=O)c3cnn(C)c3)CC2=O)c1. The Balaban J connectivity index is 1.79. The van der Waals surface area contributed by atoms with Crippen LogP contribution in [0, 0.1) is 6.92 Å². The summed E-state index contributed by atoms with van der Waals surface area (Å²) in [7, 11) is 1.76. The molecule has 23 heavy (non-hydrogen) atoms. The largest absolute Gasteiger partial charge is 0.325 e. The number of hydrogen-bond donors (Lipinski definition) is 0. The number of piperazine rings is 1. The predicted molar refractivity (Wildman–Crippen MR) is 87.2 cm³/mol. The normalized spacial score (nSPS) is 18.4. The second kappa shape index (κ2) is 5.87. The Morgan fingerprint density at radius 3 is 2.78 bits per heavy atom. The molecule has 1 atom stereocenters. The lowest BCUT2D eigenvalue weighted by atomic mass is 10.1. The molecule has 0 saturated carbocycles. The van der Waals surface area contributed by atoms with Crippen LogP contribution in [0.2, 0.25) is 0 Å². The molecule has 1 aromatic heterocycles. The van der Waals surface area contributed by atoms with E-state index in [2.05, 4.69) is 5.10 Å². The number of aromatic nitrogens is 2. The van der Waals surface area contributed by atoms with E-state index in [4.69, 9.17) is 0 Å².